The number of fused-ring (bicyclic) bond motifs is 8. The molecule has 2 heteroatoms. The molecule has 0 saturated carbocycles. The fourth-order valence-electron chi connectivity index (χ4n) is 7.41. The minimum atomic E-state index is 0.875. The molecule has 0 aliphatic carbocycles. The standard InChI is InChI=1S/C44H26O2/c1-2-12-31-27(10-1)11-9-17-32(31)28-20-22-29(23-21-28)41-35-14-3-4-15-36(35)42(44-43(41)37-16-6-8-19-39(37)46-44)30-24-25-34-33-13-5-7-18-38(33)45-40(34)26-30/h1-26H. The third-order valence-corrected chi connectivity index (χ3v) is 9.48. The summed E-state index contributed by atoms with van der Waals surface area (Å²) in [6.45, 7) is 0. The molecular formula is C44H26O2. The zero-order valence-electron chi connectivity index (χ0n) is 24.8. The first-order valence-corrected chi connectivity index (χ1v) is 15.7. The molecule has 2 aromatic heterocycles. The molecule has 0 aliphatic heterocycles. The highest BCUT2D eigenvalue weighted by atomic mass is 16.3. The molecule has 0 atom stereocenters. The van der Waals surface area contributed by atoms with Crippen LogP contribution in [0.5, 0.6) is 0 Å². The van der Waals surface area contributed by atoms with Crippen LogP contribution in [0.3, 0.4) is 0 Å². The molecule has 10 aromatic rings. The number of furan rings is 2. The van der Waals surface area contributed by atoms with Crippen LogP contribution in [0.2, 0.25) is 0 Å². The van der Waals surface area contributed by atoms with Crippen molar-refractivity contribution >= 4 is 65.4 Å². The molecule has 0 spiro atoms. The predicted octanol–water partition coefficient (Wildman–Crippen LogP) is 12.8. The third-order valence-electron chi connectivity index (χ3n) is 9.48. The van der Waals surface area contributed by atoms with Crippen molar-refractivity contribution in [3.05, 3.63) is 158 Å². The summed E-state index contributed by atoms with van der Waals surface area (Å²) in [7, 11) is 0. The number of benzene rings is 8. The first-order valence-electron chi connectivity index (χ1n) is 15.7. The largest absolute Gasteiger partial charge is 0.456 e. The molecule has 0 amide bonds. The first kappa shape index (κ1) is 25.2. The lowest BCUT2D eigenvalue weighted by Crippen LogP contribution is -1.89. The molecule has 0 unspecified atom stereocenters. The van der Waals surface area contributed by atoms with Crippen LogP contribution in [0, 0.1) is 0 Å². The molecule has 0 saturated heterocycles. The summed E-state index contributed by atoms with van der Waals surface area (Å²) in [6.07, 6.45) is 0. The maximum atomic E-state index is 6.79. The van der Waals surface area contributed by atoms with Crippen LogP contribution in [0.1, 0.15) is 0 Å². The Hall–Kier alpha value is -6.12. The summed E-state index contributed by atoms with van der Waals surface area (Å²) in [5, 5.41) is 9.35. The van der Waals surface area contributed by atoms with E-state index in [9.17, 15) is 0 Å². The van der Waals surface area contributed by atoms with Crippen molar-refractivity contribution in [2.75, 3.05) is 0 Å². The maximum absolute atomic E-state index is 6.79. The van der Waals surface area contributed by atoms with E-state index >= 15 is 0 Å². The summed E-state index contributed by atoms with van der Waals surface area (Å²) < 4.78 is 13.1. The van der Waals surface area contributed by atoms with Crippen LogP contribution >= 0.6 is 0 Å². The van der Waals surface area contributed by atoms with Gasteiger partial charge in [0.05, 0.1) is 0 Å². The monoisotopic (exact) mass is 586 g/mol. The van der Waals surface area contributed by atoms with Crippen LogP contribution in [0.4, 0.5) is 0 Å². The molecule has 0 fully saturated rings. The van der Waals surface area contributed by atoms with Gasteiger partial charge in [-0.1, -0.05) is 133 Å². The summed E-state index contributed by atoms with van der Waals surface area (Å²) in [5.74, 6) is 0. The Labute approximate surface area is 264 Å². The van der Waals surface area contributed by atoms with Crippen molar-refractivity contribution in [3.8, 4) is 33.4 Å². The van der Waals surface area contributed by atoms with E-state index in [4.69, 9.17) is 8.83 Å². The van der Waals surface area contributed by atoms with Gasteiger partial charge in [-0.05, 0) is 68.1 Å². The topological polar surface area (TPSA) is 26.3 Å². The third kappa shape index (κ3) is 3.65. The Morgan fingerprint density at radius 1 is 0.326 bits per heavy atom. The molecule has 8 aromatic carbocycles. The molecule has 0 radical (unpaired) electrons. The highest BCUT2D eigenvalue weighted by molar-refractivity contribution is 6.27. The Morgan fingerprint density at radius 3 is 1.70 bits per heavy atom. The van der Waals surface area contributed by atoms with Gasteiger partial charge in [-0.15, -0.1) is 0 Å². The molecule has 2 nitrogen and oxygen atoms in total. The van der Waals surface area contributed by atoms with Crippen LogP contribution < -0.4 is 0 Å². The van der Waals surface area contributed by atoms with Gasteiger partial charge in [-0.3, -0.25) is 0 Å². The van der Waals surface area contributed by atoms with Crippen molar-refractivity contribution in [3.63, 3.8) is 0 Å². The van der Waals surface area contributed by atoms with Crippen LogP contribution in [-0.4, -0.2) is 0 Å². The molecule has 0 N–H and O–H groups in total. The van der Waals surface area contributed by atoms with Gasteiger partial charge in [-0.2, -0.15) is 0 Å². The summed E-state index contributed by atoms with van der Waals surface area (Å²) >= 11 is 0. The molecule has 2 heterocycles. The van der Waals surface area contributed by atoms with E-state index in [2.05, 4.69) is 140 Å². The summed E-state index contributed by atoms with van der Waals surface area (Å²) in [6, 6.07) is 56.0. The van der Waals surface area contributed by atoms with Crippen molar-refractivity contribution < 1.29 is 8.83 Å². The fraction of sp³-hybridized carbons (Fsp3) is 0. The zero-order valence-corrected chi connectivity index (χ0v) is 24.8. The van der Waals surface area contributed by atoms with Gasteiger partial charge >= 0.3 is 0 Å². The first-order chi connectivity index (χ1) is 22.8. The lowest BCUT2D eigenvalue weighted by Gasteiger charge is -2.15. The second-order valence-corrected chi connectivity index (χ2v) is 12.0. The van der Waals surface area contributed by atoms with E-state index in [1.807, 2.05) is 18.2 Å². The Bertz CT molecular complexity index is 2790. The summed E-state index contributed by atoms with van der Waals surface area (Å²) in [5.41, 5.74) is 10.5. The molecule has 46 heavy (non-hydrogen) atoms. The van der Waals surface area contributed by atoms with Crippen molar-refractivity contribution in [2.24, 2.45) is 0 Å². The normalized spacial score (nSPS) is 11.9. The van der Waals surface area contributed by atoms with Crippen molar-refractivity contribution in [2.45, 2.75) is 0 Å². The highest BCUT2D eigenvalue weighted by Gasteiger charge is 2.23. The number of rotatable bonds is 3. The minimum Gasteiger partial charge on any atom is -0.456 e. The van der Waals surface area contributed by atoms with E-state index < -0.39 is 0 Å². The number of hydrogen-bond acceptors (Lipinski definition) is 2. The quantitative estimate of drug-likeness (QED) is 0.206. The Balaban J connectivity index is 1.25. The lowest BCUT2D eigenvalue weighted by atomic mass is 9.87. The van der Waals surface area contributed by atoms with E-state index in [1.54, 1.807) is 0 Å². The van der Waals surface area contributed by atoms with Crippen LogP contribution in [-0.2, 0) is 0 Å². The second-order valence-electron chi connectivity index (χ2n) is 12.0. The molecule has 0 bridgehead atoms. The second kappa shape index (κ2) is 9.69. The SMILES string of the molecule is c1ccc2c(-c3ccc(-c4c5ccccc5c(-c5ccc6c(c5)oc5ccccc56)c5oc6ccccc6c45)cc3)cccc2c1. The number of para-hydroxylation sites is 2. The molecular weight excluding hydrogens is 560 g/mol. The van der Waals surface area contributed by atoms with Crippen LogP contribution in [0.25, 0.3) is 98.8 Å². The van der Waals surface area contributed by atoms with Gasteiger partial charge in [-0.25, -0.2) is 0 Å². The van der Waals surface area contributed by atoms with E-state index in [0.29, 0.717) is 0 Å². The average Bonchev–Trinajstić information content (AvgIpc) is 3.68. The zero-order chi connectivity index (χ0) is 30.2. The maximum Gasteiger partial charge on any atom is 0.144 e. The summed E-state index contributed by atoms with van der Waals surface area (Å²) in [4.78, 5) is 0. The van der Waals surface area contributed by atoms with E-state index in [-0.39, 0.29) is 0 Å². The Kier molecular flexibility index (Phi) is 5.31. The minimum absolute atomic E-state index is 0.875. The smallest absolute Gasteiger partial charge is 0.144 e. The van der Waals surface area contributed by atoms with Gasteiger partial charge in [0.2, 0.25) is 0 Å². The van der Waals surface area contributed by atoms with Gasteiger partial charge < -0.3 is 8.83 Å². The highest BCUT2D eigenvalue weighted by Crippen LogP contribution is 2.48. The van der Waals surface area contributed by atoms with Crippen LogP contribution in [0.15, 0.2) is 167 Å². The number of hydrogen-bond donors (Lipinski definition) is 0. The van der Waals surface area contributed by atoms with E-state index in [0.717, 1.165) is 66.0 Å². The van der Waals surface area contributed by atoms with Crippen molar-refractivity contribution in [1.29, 1.82) is 0 Å². The van der Waals surface area contributed by atoms with Crippen molar-refractivity contribution in [1.82, 2.24) is 0 Å². The predicted molar refractivity (Wildman–Crippen MR) is 192 cm³/mol. The fourth-order valence-corrected chi connectivity index (χ4v) is 7.41. The molecule has 10 rings (SSSR count). The van der Waals surface area contributed by atoms with Gasteiger partial charge in [0.15, 0.2) is 0 Å². The van der Waals surface area contributed by atoms with Gasteiger partial charge in [0, 0.05) is 32.7 Å². The molecule has 0 aliphatic rings. The van der Waals surface area contributed by atoms with Gasteiger partial charge in [0.1, 0.15) is 22.3 Å². The van der Waals surface area contributed by atoms with E-state index in [1.165, 1.54) is 32.8 Å². The molecule has 214 valence electrons. The van der Waals surface area contributed by atoms with Gasteiger partial charge in [0.25, 0.3) is 0 Å². The Morgan fingerprint density at radius 2 is 0.891 bits per heavy atom. The lowest BCUT2D eigenvalue weighted by molar-refractivity contribution is 0.668. The average molecular weight is 587 g/mol.